The number of nitrogens with zero attached hydrogens (tertiary/aromatic N) is 2. The SMILES string of the molecule is COc1ccc2nc(C(C)C)c3c(c2c1)CCC1(CC2C(=O)NC4(C(=O)NS(=O)(=O)C5(C)CC5)C=CC4C=CCCCCCC(NC(=O)OC4(C)CCC4)C(=O)N2C1)O3. The molecule has 2 saturated carbocycles. The molecule has 5 atom stereocenters. The number of aromatic nitrogens is 1. The van der Waals surface area contributed by atoms with Crippen LogP contribution in [0.1, 0.15) is 122 Å². The summed E-state index contributed by atoms with van der Waals surface area (Å²) in [6.07, 6.45) is 14.0. The normalized spacial score (nSPS) is 29.7. The molecule has 1 spiro atoms. The highest BCUT2D eigenvalue weighted by atomic mass is 32.2. The number of alkyl carbamates (subject to hydrolysis) is 1. The molecule has 4 amide bonds. The van der Waals surface area contributed by atoms with Crippen molar-refractivity contribution < 1.29 is 41.8 Å². The zero-order valence-corrected chi connectivity index (χ0v) is 35.5. The van der Waals surface area contributed by atoms with Gasteiger partial charge in [0.2, 0.25) is 21.8 Å². The van der Waals surface area contributed by atoms with Crippen LogP contribution in [-0.2, 0) is 35.6 Å². The van der Waals surface area contributed by atoms with E-state index in [2.05, 4.69) is 15.4 Å². The van der Waals surface area contributed by atoms with Gasteiger partial charge in [0.15, 0.2) is 0 Å². The van der Waals surface area contributed by atoms with Crippen LogP contribution in [0.3, 0.4) is 0 Å². The van der Waals surface area contributed by atoms with Gasteiger partial charge in [-0.15, -0.1) is 0 Å². The quantitative estimate of drug-likeness (QED) is 0.296. The lowest BCUT2D eigenvalue weighted by atomic mass is 9.73. The molecular formula is C44H57N5O9S. The number of hydrogen-bond donors (Lipinski definition) is 3. The number of pyridine rings is 1. The van der Waals surface area contributed by atoms with Crippen LogP contribution in [-0.4, -0.2) is 89.3 Å². The Labute approximate surface area is 346 Å². The van der Waals surface area contributed by atoms with Gasteiger partial charge in [0.05, 0.1) is 29.6 Å². The highest BCUT2D eigenvalue weighted by Crippen LogP contribution is 2.47. The van der Waals surface area contributed by atoms with Gasteiger partial charge in [-0.05, 0) is 102 Å². The van der Waals surface area contributed by atoms with Crippen molar-refractivity contribution in [1.29, 1.82) is 0 Å². The maximum Gasteiger partial charge on any atom is 0.408 e. The van der Waals surface area contributed by atoms with Crippen molar-refractivity contribution >= 4 is 44.7 Å². The van der Waals surface area contributed by atoms with E-state index in [1.54, 1.807) is 20.1 Å². The summed E-state index contributed by atoms with van der Waals surface area (Å²) < 4.78 is 46.4. The Balaban J connectivity index is 1.16. The zero-order chi connectivity index (χ0) is 42.0. The molecule has 5 unspecified atom stereocenters. The van der Waals surface area contributed by atoms with Crippen molar-refractivity contribution in [1.82, 2.24) is 25.2 Å². The summed E-state index contributed by atoms with van der Waals surface area (Å²) in [5, 5.41) is 6.73. The highest BCUT2D eigenvalue weighted by molar-refractivity contribution is 7.91. The Hall–Kier alpha value is -4.66. The van der Waals surface area contributed by atoms with Crippen molar-refractivity contribution in [2.24, 2.45) is 5.92 Å². The third kappa shape index (κ3) is 7.56. The molecule has 6 aliphatic rings. The number of ether oxygens (including phenoxy) is 3. The number of hydrogen-bond acceptors (Lipinski definition) is 10. The number of nitrogens with one attached hydrogen (secondary N) is 3. The van der Waals surface area contributed by atoms with Gasteiger partial charge in [-0.25, -0.2) is 18.2 Å². The van der Waals surface area contributed by atoms with E-state index in [1.165, 1.54) is 11.0 Å². The van der Waals surface area contributed by atoms with Crippen LogP contribution in [0.5, 0.6) is 11.5 Å². The van der Waals surface area contributed by atoms with Crippen molar-refractivity contribution in [2.75, 3.05) is 13.7 Å². The van der Waals surface area contributed by atoms with E-state index in [0.29, 0.717) is 56.4 Å². The zero-order valence-electron chi connectivity index (χ0n) is 34.7. The highest BCUT2D eigenvalue weighted by Gasteiger charge is 2.58. The minimum absolute atomic E-state index is 0.0118. The molecule has 15 heteroatoms. The molecule has 0 radical (unpaired) electrons. The number of sulfonamides is 1. The number of methoxy groups -OCH3 is 1. The standard InChI is InChI=1S/C44H57N5O9S/c1-27(2)35-36-30(31-24-29(56-5)14-15-32(31)45-35)17-20-43(57-36)25-34-37(50)47-44(39(52)48-59(54,55)42(4)22-23-42)21-16-28(44)12-9-7-6-8-10-13-33(38(51)49(34)26-43)46-40(53)58-41(3)18-11-19-41/h9,12,14-16,21,24,27-28,33-34H,6-8,10-11,13,17-20,22-23,25-26H2,1-5H3,(H,46,53)(H,47,50)(H,48,52). The van der Waals surface area contributed by atoms with Gasteiger partial charge in [0.25, 0.3) is 5.91 Å². The minimum atomic E-state index is -4.04. The molecule has 3 aliphatic heterocycles. The molecule has 318 valence electrons. The van der Waals surface area contributed by atoms with Crippen molar-refractivity contribution in [3.05, 3.63) is 53.8 Å². The monoisotopic (exact) mass is 831 g/mol. The van der Waals surface area contributed by atoms with Crippen LogP contribution in [0.25, 0.3) is 10.9 Å². The smallest absolute Gasteiger partial charge is 0.408 e. The fourth-order valence-electron chi connectivity index (χ4n) is 9.23. The molecule has 1 aromatic heterocycles. The fourth-order valence-corrected chi connectivity index (χ4v) is 10.5. The van der Waals surface area contributed by atoms with Crippen molar-refractivity contribution in [3.63, 3.8) is 0 Å². The summed E-state index contributed by atoms with van der Waals surface area (Å²) in [5.74, 6) is -1.26. The van der Waals surface area contributed by atoms with E-state index >= 15 is 0 Å². The van der Waals surface area contributed by atoms with Crippen LogP contribution in [0, 0.1) is 5.92 Å². The van der Waals surface area contributed by atoms with Crippen LogP contribution in [0.15, 0.2) is 42.5 Å². The third-order valence-electron chi connectivity index (χ3n) is 13.6. The largest absolute Gasteiger partial charge is 0.497 e. The average Bonchev–Trinajstić information content (AvgIpc) is 3.85. The first kappa shape index (κ1) is 41.1. The van der Waals surface area contributed by atoms with Gasteiger partial charge in [0.1, 0.15) is 40.3 Å². The molecule has 59 heavy (non-hydrogen) atoms. The van der Waals surface area contributed by atoms with Gasteiger partial charge in [0, 0.05) is 23.3 Å². The van der Waals surface area contributed by atoms with Crippen LogP contribution >= 0.6 is 0 Å². The van der Waals surface area contributed by atoms with E-state index in [-0.39, 0.29) is 18.9 Å². The number of benzene rings is 1. The lowest BCUT2D eigenvalue weighted by Crippen LogP contribution is -2.67. The molecule has 3 aliphatic carbocycles. The predicted molar refractivity (Wildman–Crippen MR) is 220 cm³/mol. The number of carbonyl (C=O) groups excluding carboxylic acids is 4. The number of aryl methyl sites for hydroxylation is 1. The molecule has 1 saturated heterocycles. The van der Waals surface area contributed by atoms with Crippen LogP contribution < -0.4 is 24.8 Å². The first-order valence-corrected chi connectivity index (χ1v) is 22.7. The average molecular weight is 832 g/mol. The third-order valence-corrected chi connectivity index (χ3v) is 15.8. The summed E-state index contributed by atoms with van der Waals surface area (Å²) in [5.41, 5.74) is -0.776. The first-order valence-electron chi connectivity index (χ1n) is 21.2. The summed E-state index contributed by atoms with van der Waals surface area (Å²) in [6.45, 7) is 7.60. The Morgan fingerprint density at radius 1 is 1.03 bits per heavy atom. The number of amides is 4. The summed E-state index contributed by atoms with van der Waals surface area (Å²) >= 11 is 0. The Morgan fingerprint density at radius 3 is 2.47 bits per heavy atom. The maximum atomic E-state index is 15.0. The number of fused-ring (bicyclic) bond motifs is 5. The second-order valence-corrected chi connectivity index (χ2v) is 20.6. The van der Waals surface area contributed by atoms with Crippen molar-refractivity contribution in [2.45, 2.75) is 151 Å². The second kappa shape index (κ2) is 15.1. The molecule has 2 aromatic rings. The topological polar surface area (TPSA) is 182 Å². The second-order valence-electron chi connectivity index (χ2n) is 18.4. The van der Waals surface area contributed by atoms with Gasteiger partial charge < -0.3 is 29.7 Å². The van der Waals surface area contributed by atoms with Gasteiger partial charge in [-0.2, -0.15) is 0 Å². The minimum Gasteiger partial charge on any atom is -0.497 e. The van der Waals surface area contributed by atoms with E-state index < -0.39 is 73.3 Å². The van der Waals surface area contributed by atoms with E-state index in [4.69, 9.17) is 19.2 Å². The lowest BCUT2D eigenvalue weighted by molar-refractivity contribution is -0.142. The first-order chi connectivity index (χ1) is 28.0. The van der Waals surface area contributed by atoms with E-state index in [0.717, 1.165) is 54.3 Å². The Morgan fingerprint density at radius 2 is 1.81 bits per heavy atom. The molecule has 8 rings (SSSR count). The maximum absolute atomic E-state index is 15.0. The Bertz CT molecular complexity index is 2230. The molecule has 3 N–H and O–H groups in total. The van der Waals surface area contributed by atoms with Gasteiger partial charge in [-0.1, -0.05) is 51.0 Å². The van der Waals surface area contributed by atoms with E-state index in [1.807, 2.05) is 51.1 Å². The summed E-state index contributed by atoms with van der Waals surface area (Å²) in [6, 6.07) is 3.64. The fraction of sp³-hybridized carbons (Fsp3) is 0.614. The van der Waals surface area contributed by atoms with Gasteiger partial charge >= 0.3 is 6.09 Å². The van der Waals surface area contributed by atoms with Gasteiger partial charge in [-0.3, -0.25) is 19.1 Å². The van der Waals surface area contributed by atoms with E-state index in [9.17, 15) is 27.6 Å². The molecule has 4 heterocycles. The molecule has 0 bridgehead atoms. The number of carbonyl (C=O) groups is 4. The predicted octanol–water partition coefficient (Wildman–Crippen LogP) is 5.63. The Kier molecular flexibility index (Phi) is 10.5. The molecule has 1 aromatic carbocycles. The van der Waals surface area contributed by atoms with Crippen LogP contribution in [0.4, 0.5) is 4.79 Å². The lowest BCUT2D eigenvalue weighted by Gasteiger charge is -2.42. The van der Waals surface area contributed by atoms with Crippen molar-refractivity contribution in [3.8, 4) is 11.5 Å². The molecule has 14 nitrogen and oxygen atoms in total. The summed E-state index contributed by atoms with van der Waals surface area (Å²) in [7, 11) is -2.43. The number of allylic oxidation sites excluding steroid dienone is 1. The van der Waals surface area contributed by atoms with Crippen LogP contribution in [0.2, 0.25) is 0 Å². The number of rotatable bonds is 7. The summed E-state index contributed by atoms with van der Waals surface area (Å²) in [4.78, 5) is 64.0. The molecule has 3 fully saturated rings. The molecular weight excluding hydrogens is 775 g/mol.